The minimum Gasteiger partial charge on any atom is -0.464 e. The summed E-state index contributed by atoms with van der Waals surface area (Å²) in [5, 5.41) is 0. The maximum atomic E-state index is 5.91. The molecular weight excluding hydrogens is 236 g/mol. The van der Waals surface area contributed by atoms with Crippen LogP contribution in [0.5, 0.6) is 0 Å². The Bertz CT molecular complexity index is 516. The first-order valence-corrected chi connectivity index (χ1v) is 6.74. The van der Waals surface area contributed by atoms with Gasteiger partial charge in [0.2, 0.25) is 0 Å². The van der Waals surface area contributed by atoms with Crippen molar-refractivity contribution >= 4 is 5.69 Å². The summed E-state index contributed by atoms with van der Waals surface area (Å²) < 4.78 is 5.70. The van der Waals surface area contributed by atoms with Gasteiger partial charge in [-0.15, -0.1) is 0 Å². The molecule has 0 radical (unpaired) electrons. The topological polar surface area (TPSA) is 42.4 Å². The lowest BCUT2D eigenvalue weighted by Gasteiger charge is -2.27. The van der Waals surface area contributed by atoms with Gasteiger partial charge in [0.25, 0.3) is 0 Å². The molecule has 1 aromatic carbocycles. The van der Waals surface area contributed by atoms with Gasteiger partial charge in [-0.3, -0.25) is 0 Å². The lowest BCUT2D eigenvalue weighted by molar-refractivity contribution is 0.441. The largest absolute Gasteiger partial charge is 0.464 e. The van der Waals surface area contributed by atoms with Crippen LogP contribution < -0.4 is 10.6 Å². The molecule has 1 aromatic heterocycles. The number of furan rings is 1. The Kier molecular flexibility index (Phi) is 4.27. The van der Waals surface area contributed by atoms with Crippen molar-refractivity contribution in [3.8, 4) is 0 Å². The zero-order valence-electron chi connectivity index (χ0n) is 11.9. The Morgan fingerprint density at radius 1 is 1.16 bits per heavy atom. The Labute approximate surface area is 115 Å². The van der Waals surface area contributed by atoms with Crippen molar-refractivity contribution in [1.29, 1.82) is 0 Å². The van der Waals surface area contributed by atoms with E-state index in [0.717, 1.165) is 23.6 Å². The van der Waals surface area contributed by atoms with Crippen molar-refractivity contribution in [2.24, 2.45) is 5.73 Å². The predicted octanol–water partition coefficient (Wildman–Crippen LogP) is 3.29. The highest BCUT2D eigenvalue weighted by Crippen LogP contribution is 2.26. The smallest absolute Gasteiger partial charge is 0.127 e. The normalized spacial score (nSPS) is 12.4. The summed E-state index contributed by atoms with van der Waals surface area (Å²) in [6, 6.07) is 12.6. The lowest BCUT2D eigenvalue weighted by atomic mass is 10.1. The minimum atomic E-state index is 0.0705. The predicted molar refractivity (Wildman–Crippen MR) is 79.5 cm³/mol. The summed E-state index contributed by atoms with van der Waals surface area (Å²) in [6.45, 7) is 4.64. The molecule has 1 heterocycles. The van der Waals surface area contributed by atoms with E-state index in [1.807, 2.05) is 19.1 Å². The average Bonchev–Trinajstić information content (AvgIpc) is 2.86. The minimum absolute atomic E-state index is 0.0705. The van der Waals surface area contributed by atoms with Gasteiger partial charge in [0.1, 0.15) is 11.5 Å². The summed E-state index contributed by atoms with van der Waals surface area (Å²) >= 11 is 0. The third-order valence-electron chi connectivity index (χ3n) is 3.53. The Balaban J connectivity index is 2.22. The zero-order chi connectivity index (χ0) is 13.8. The first kappa shape index (κ1) is 13.7. The van der Waals surface area contributed by atoms with Crippen LogP contribution in [0.25, 0.3) is 0 Å². The quantitative estimate of drug-likeness (QED) is 0.895. The van der Waals surface area contributed by atoms with Crippen LogP contribution in [0.4, 0.5) is 5.69 Å². The monoisotopic (exact) mass is 258 g/mol. The van der Waals surface area contributed by atoms with E-state index in [2.05, 4.69) is 43.1 Å². The van der Waals surface area contributed by atoms with Gasteiger partial charge in [-0.05, 0) is 43.2 Å². The summed E-state index contributed by atoms with van der Waals surface area (Å²) in [5.74, 6) is 1.84. The van der Waals surface area contributed by atoms with Gasteiger partial charge >= 0.3 is 0 Å². The molecular formula is C16H22N2O. The number of aryl methyl sites for hydroxylation is 2. The number of nitrogens with two attached hydrogens (primary N) is 1. The summed E-state index contributed by atoms with van der Waals surface area (Å²) in [4.78, 5) is 2.16. The van der Waals surface area contributed by atoms with Gasteiger partial charge in [0.05, 0.1) is 6.04 Å². The molecule has 0 spiro atoms. The Morgan fingerprint density at radius 2 is 1.84 bits per heavy atom. The number of rotatable bonds is 5. The van der Waals surface area contributed by atoms with E-state index < -0.39 is 0 Å². The molecule has 2 N–H and O–H groups in total. The van der Waals surface area contributed by atoms with Crippen LogP contribution in [0.3, 0.4) is 0 Å². The van der Waals surface area contributed by atoms with Crippen LogP contribution in [-0.2, 0) is 6.42 Å². The second-order valence-corrected chi connectivity index (χ2v) is 4.83. The fourth-order valence-corrected chi connectivity index (χ4v) is 2.24. The van der Waals surface area contributed by atoms with Crippen molar-refractivity contribution in [2.75, 3.05) is 18.5 Å². The van der Waals surface area contributed by atoms with Gasteiger partial charge < -0.3 is 15.1 Å². The summed E-state index contributed by atoms with van der Waals surface area (Å²) in [6.07, 6.45) is 1.06. The summed E-state index contributed by atoms with van der Waals surface area (Å²) in [7, 11) is 2.05. The van der Waals surface area contributed by atoms with Crippen molar-refractivity contribution in [3.63, 3.8) is 0 Å². The van der Waals surface area contributed by atoms with E-state index in [1.165, 1.54) is 5.56 Å². The van der Waals surface area contributed by atoms with E-state index >= 15 is 0 Å². The molecule has 0 amide bonds. The maximum Gasteiger partial charge on any atom is 0.127 e. The third kappa shape index (κ3) is 2.99. The molecule has 0 saturated heterocycles. The van der Waals surface area contributed by atoms with E-state index in [4.69, 9.17) is 10.2 Å². The zero-order valence-corrected chi connectivity index (χ0v) is 11.9. The Hall–Kier alpha value is -1.74. The molecule has 2 rings (SSSR count). The highest BCUT2D eigenvalue weighted by molar-refractivity contribution is 5.48. The van der Waals surface area contributed by atoms with Crippen molar-refractivity contribution in [3.05, 3.63) is 53.5 Å². The van der Waals surface area contributed by atoms with Gasteiger partial charge in [0.15, 0.2) is 0 Å². The van der Waals surface area contributed by atoms with Crippen LogP contribution in [0.2, 0.25) is 0 Å². The third-order valence-corrected chi connectivity index (χ3v) is 3.53. The first-order valence-electron chi connectivity index (χ1n) is 6.74. The van der Waals surface area contributed by atoms with E-state index in [1.54, 1.807) is 0 Å². The molecule has 1 atom stereocenters. The molecule has 0 fully saturated rings. The van der Waals surface area contributed by atoms with E-state index in [9.17, 15) is 0 Å². The molecule has 0 aliphatic carbocycles. The van der Waals surface area contributed by atoms with Crippen LogP contribution in [-0.4, -0.2) is 13.6 Å². The standard InChI is InChI=1S/C16H22N2O/c1-4-13-6-8-14(9-7-13)18(3)15(11-17)16-10-5-12(2)19-16/h5-10,15H,4,11,17H2,1-3H3. The fourth-order valence-electron chi connectivity index (χ4n) is 2.24. The van der Waals surface area contributed by atoms with Gasteiger partial charge in [-0.2, -0.15) is 0 Å². The molecule has 3 heteroatoms. The number of nitrogens with zero attached hydrogens (tertiary/aromatic N) is 1. The first-order chi connectivity index (χ1) is 9.15. The highest BCUT2D eigenvalue weighted by atomic mass is 16.3. The molecule has 3 nitrogen and oxygen atoms in total. The molecule has 0 aliphatic rings. The molecule has 0 bridgehead atoms. The number of likely N-dealkylation sites (N-methyl/N-ethyl adjacent to an activating group) is 1. The van der Waals surface area contributed by atoms with Crippen LogP contribution in [0.1, 0.15) is 30.0 Å². The fraction of sp³-hybridized carbons (Fsp3) is 0.375. The molecule has 1 unspecified atom stereocenters. The van der Waals surface area contributed by atoms with Crippen molar-refractivity contribution in [1.82, 2.24) is 0 Å². The number of hydrogen-bond acceptors (Lipinski definition) is 3. The van der Waals surface area contributed by atoms with Crippen LogP contribution in [0, 0.1) is 6.92 Å². The number of benzene rings is 1. The molecule has 2 aromatic rings. The van der Waals surface area contributed by atoms with Crippen LogP contribution >= 0.6 is 0 Å². The number of hydrogen-bond donors (Lipinski definition) is 1. The second-order valence-electron chi connectivity index (χ2n) is 4.83. The van der Waals surface area contributed by atoms with Gasteiger partial charge in [-0.1, -0.05) is 19.1 Å². The van der Waals surface area contributed by atoms with Crippen LogP contribution in [0.15, 0.2) is 40.8 Å². The molecule has 0 aliphatic heterocycles. The Morgan fingerprint density at radius 3 is 2.32 bits per heavy atom. The second kappa shape index (κ2) is 5.93. The van der Waals surface area contributed by atoms with E-state index in [-0.39, 0.29) is 6.04 Å². The lowest BCUT2D eigenvalue weighted by Crippen LogP contribution is -2.30. The molecule has 102 valence electrons. The molecule has 0 saturated carbocycles. The maximum absolute atomic E-state index is 5.91. The van der Waals surface area contributed by atoms with Crippen molar-refractivity contribution < 1.29 is 4.42 Å². The molecule has 19 heavy (non-hydrogen) atoms. The van der Waals surface area contributed by atoms with E-state index in [0.29, 0.717) is 6.54 Å². The van der Waals surface area contributed by atoms with Crippen molar-refractivity contribution in [2.45, 2.75) is 26.3 Å². The highest BCUT2D eigenvalue weighted by Gasteiger charge is 2.19. The summed E-state index contributed by atoms with van der Waals surface area (Å²) in [5.41, 5.74) is 8.40. The SMILES string of the molecule is CCc1ccc(N(C)C(CN)c2ccc(C)o2)cc1. The van der Waals surface area contributed by atoms with Gasteiger partial charge in [0, 0.05) is 19.3 Å². The number of anilines is 1. The van der Waals surface area contributed by atoms with Gasteiger partial charge in [-0.25, -0.2) is 0 Å². The average molecular weight is 258 g/mol.